The number of halogens is 1. The largest absolute Gasteiger partial charge is 0.486 e. The average Bonchev–Trinajstić information content (AvgIpc) is 3.10. The van der Waals surface area contributed by atoms with Crippen molar-refractivity contribution in [3.63, 3.8) is 0 Å². The fraction of sp³-hybridized carbons (Fsp3) is 0.286. The molecule has 2 aromatic carbocycles. The third-order valence-corrected chi connectivity index (χ3v) is 5.86. The van der Waals surface area contributed by atoms with E-state index in [9.17, 15) is 4.79 Å². The smallest absolute Gasteiger partial charge is 0.234 e. The fourth-order valence-electron chi connectivity index (χ4n) is 2.85. The summed E-state index contributed by atoms with van der Waals surface area (Å²) in [7, 11) is 0. The Balaban J connectivity index is 1.59. The lowest BCUT2D eigenvalue weighted by Gasteiger charge is -2.11. The number of ether oxygens (including phenoxy) is 1. The Kier molecular flexibility index (Phi) is 7.33. The molecule has 29 heavy (non-hydrogen) atoms. The predicted octanol–water partition coefficient (Wildman–Crippen LogP) is 4.99. The van der Waals surface area contributed by atoms with Gasteiger partial charge in [0.1, 0.15) is 12.4 Å². The number of benzene rings is 2. The van der Waals surface area contributed by atoms with Crippen molar-refractivity contribution in [2.75, 3.05) is 11.1 Å². The van der Waals surface area contributed by atoms with Gasteiger partial charge in [0.15, 0.2) is 11.0 Å². The molecule has 152 valence electrons. The molecule has 0 saturated heterocycles. The molecule has 0 unspecified atom stereocenters. The number of carbonyl (C=O) groups excluding carboxylic acids is 1. The number of nitrogens with zero attached hydrogens (tertiary/aromatic N) is 3. The summed E-state index contributed by atoms with van der Waals surface area (Å²) in [5, 5.41) is 12.2. The lowest BCUT2D eigenvalue weighted by atomic mass is 10.1. The van der Waals surface area contributed by atoms with Crippen LogP contribution in [-0.2, 0) is 17.9 Å². The molecule has 3 aromatic rings. The summed E-state index contributed by atoms with van der Waals surface area (Å²) in [5.41, 5.74) is 2.97. The van der Waals surface area contributed by atoms with Gasteiger partial charge in [-0.1, -0.05) is 45.9 Å². The number of aryl methyl sites for hydroxylation is 2. The molecule has 0 saturated carbocycles. The molecule has 3 rings (SSSR count). The minimum atomic E-state index is -0.0642. The zero-order valence-electron chi connectivity index (χ0n) is 16.6. The van der Waals surface area contributed by atoms with E-state index in [-0.39, 0.29) is 11.7 Å². The van der Waals surface area contributed by atoms with Gasteiger partial charge in [-0.3, -0.25) is 4.79 Å². The first-order valence-electron chi connectivity index (χ1n) is 9.27. The molecule has 1 amide bonds. The Morgan fingerprint density at radius 1 is 1.14 bits per heavy atom. The van der Waals surface area contributed by atoms with Crippen LogP contribution < -0.4 is 10.1 Å². The highest BCUT2D eigenvalue weighted by atomic mass is 79.9. The van der Waals surface area contributed by atoms with E-state index in [0.29, 0.717) is 18.3 Å². The van der Waals surface area contributed by atoms with E-state index in [1.54, 1.807) is 0 Å². The molecule has 6 nitrogen and oxygen atoms in total. The highest BCUT2D eigenvalue weighted by molar-refractivity contribution is 9.10. The Morgan fingerprint density at radius 3 is 2.48 bits per heavy atom. The molecule has 0 fully saturated rings. The van der Waals surface area contributed by atoms with E-state index < -0.39 is 0 Å². The summed E-state index contributed by atoms with van der Waals surface area (Å²) < 4.78 is 8.77. The molecule has 8 heteroatoms. The molecule has 0 atom stereocenters. The number of para-hydroxylation sites is 1. The summed E-state index contributed by atoms with van der Waals surface area (Å²) in [6, 6.07) is 13.6. The molecule has 1 heterocycles. The molecule has 0 aliphatic carbocycles. The van der Waals surface area contributed by atoms with Crippen molar-refractivity contribution >= 4 is 39.3 Å². The predicted molar refractivity (Wildman–Crippen MR) is 119 cm³/mol. The number of carbonyl (C=O) groups is 1. The molecule has 0 bridgehead atoms. The van der Waals surface area contributed by atoms with Crippen molar-refractivity contribution in [1.82, 2.24) is 14.8 Å². The first kappa shape index (κ1) is 21.4. The zero-order chi connectivity index (χ0) is 20.8. The average molecular weight is 475 g/mol. The van der Waals surface area contributed by atoms with Crippen molar-refractivity contribution in [3.8, 4) is 5.75 Å². The molecule has 0 aliphatic rings. The van der Waals surface area contributed by atoms with Crippen molar-refractivity contribution in [2.24, 2.45) is 0 Å². The second kappa shape index (κ2) is 9.93. The first-order chi connectivity index (χ1) is 14.0. The van der Waals surface area contributed by atoms with Crippen molar-refractivity contribution in [1.29, 1.82) is 0 Å². The summed E-state index contributed by atoms with van der Waals surface area (Å²) >= 11 is 4.78. The van der Waals surface area contributed by atoms with Gasteiger partial charge in [0.2, 0.25) is 5.91 Å². The van der Waals surface area contributed by atoms with Crippen LogP contribution in [0.1, 0.15) is 23.9 Å². The van der Waals surface area contributed by atoms with Crippen LogP contribution in [0.5, 0.6) is 5.75 Å². The topological polar surface area (TPSA) is 69.0 Å². The maximum absolute atomic E-state index is 12.4. The number of aromatic nitrogens is 3. The zero-order valence-corrected chi connectivity index (χ0v) is 19.0. The van der Waals surface area contributed by atoms with Crippen LogP contribution in [0.25, 0.3) is 0 Å². The van der Waals surface area contributed by atoms with Crippen LogP contribution in [0.4, 0.5) is 5.69 Å². The Labute approximate surface area is 183 Å². The van der Waals surface area contributed by atoms with Crippen LogP contribution in [0, 0.1) is 13.8 Å². The van der Waals surface area contributed by atoms with Crippen molar-refractivity contribution in [3.05, 3.63) is 63.9 Å². The van der Waals surface area contributed by atoms with Crippen LogP contribution >= 0.6 is 27.7 Å². The Hall–Kier alpha value is -2.32. The third-order valence-electron chi connectivity index (χ3n) is 4.37. The van der Waals surface area contributed by atoms with Crippen molar-refractivity contribution < 1.29 is 9.53 Å². The van der Waals surface area contributed by atoms with Crippen molar-refractivity contribution in [2.45, 2.75) is 39.1 Å². The molecule has 0 spiro atoms. The second-order valence-corrected chi connectivity index (χ2v) is 8.35. The molecule has 0 aliphatic heterocycles. The summed E-state index contributed by atoms with van der Waals surface area (Å²) in [4.78, 5) is 12.4. The molecular formula is C21H23BrN4O2S. The van der Waals surface area contributed by atoms with E-state index in [2.05, 4.69) is 31.4 Å². The molecule has 1 aromatic heterocycles. The second-order valence-electron chi connectivity index (χ2n) is 6.49. The van der Waals surface area contributed by atoms with E-state index in [1.165, 1.54) is 11.8 Å². The van der Waals surface area contributed by atoms with Gasteiger partial charge in [0.05, 0.1) is 5.75 Å². The summed E-state index contributed by atoms with van der Waals surface area (Å²) in [6.07, 6.45) is 0. The Bertz CT molecular complexity index is 969. The lowest BCUT2D eigenvalue weighted by Crippen LogP contribution is -2.16. The van der Waals surface area contributed by atoms with Crippen LogP contribution in [-0.4, -0.2) is 26.4 Å². The highest BCUT2D eigenvalue weighted by Gasteiger charge is 2.14. The number of hydrogen-bond donors (Lipinski definition) is 1. The van der Waals surface area contributed by atoms with Gasteiger partial charge in [0.25, 0.3) is 0 Å². The maximum atomic E-state index is 12.4. The number of anilines is 1. The van der Waals surface area contributed by atoms with Crippen LogP contribution in [0.2, 0.25) is 0 Å². The molecule has 1 N–H and O–H groups in total. The normalized spacial score (nSPS) is 10.8. The van der Waals surface area contributed by atoms with Gasteiger partial charge in [-0.25, -0.2) is 0 Å². The number of nitrogens with one attached hydrogen (secondary N) is 1. The van der Waals surface area contributed by atoms with E-state index >= 15 is 0 Å². The minimum Gasteiger partial charge on any atom is -0.486 e. The van der Waals surface area contributed by atoms with E-state index in [1.807, 2.05) is 67.8 Å². The summed E-state index contributed by atoms with van der Waals surface area (Å²) in [5.74, 6) is 1.69. The third kappa shape index (κ3) is 5.61. The monoisotopic (exact) mass is 474 g/mol. The van der Waals surface area contributed by atoms with Gasteiger partial charge < -0.3 is 14.6 Å². The number of rotatable bonds is 8. The maximum Gasteiger partial charge on any atom is 0.234 e. The molecule has 0 radical (unpaired) electrons. The van der Waals surface area contributed by atoms with Gasteiger partial charge >= 0.3 is 0 Å². The molecular weight excluding hydrogens is 452 g/mol. The standard InChI is InChI=1S/C21H23BrN4O2S/c1-4-26-18(12-28-17-10-8-16(22)9-11-17)24-25-21(26)29-13-19(27)23-20-14(2)6-5-7-15(20)3/h5-11H,4,12-13H2,1-3H3,(H,23,27). The van der Waals surface area contributed by atoms with Gasteiger partial charge in [0, 0.05) is 16.7 Å². The number of hydrogen-bond acceptors (Lipinski definition) is 5. The lowest BCUT2D eigenvalue weighted by molar-refractivity contribution is -0.113. The summed E-state index contributed by atoms with van der Waals surface area (Å²) in [6.45, 7) is 7.01. The van der Waals surface area contributed by atoms with Gasteiger partial charge in [-0.05, 0) is 56.2 Å². The Morgan fingerprint density at radius 2 is 1.83 bits per heavy atom. The van der Waals surface area contributed by atoms with Crippen LogP contribution in [0.3, 0.4) is 0 Å². The first-order valence-corrected chi connectivity index (χ1v) is 11.0. The van der Waals surface area contributed by atoms with Crippen LogP contribution in [0.15, 0.2) is 52.1 Å². The minimum absolute atomic E-state index is 0.0642. The quantitative estimate of drug-likeness (QED) is 0.465. The van der Waals surface area contributed by atoms with E-state index in [0.717, 1.165) is 32.9 Å². The van der Waals surface area contributed by atoms with E-state index in [4.69, 9.17) is 4.74 Å². The number of thioether (sulfide) groups is 1. The van der Waals surface area contributed by atoms with Gasteiger partial charge in [-0.2, -0.15) is 0 Å². The van der Waals surface area contributed by atoms with Gasteiger partial charge in [-0.15, -0.1) is 10.2 Å². The number of amides is 1. The fourth-order valence-corrected chi connectivity index (χ4v) is 3.93. The SMILES string of the molecule is CCn1c(COc2ccc(Br)cc2)nnc1SCC(=O)Nc1c(C)cccc1C. The highest BCUT2D eigenvalue weighted by Crippen LogP contribution is 2.22.